The fourth-order valence-electron chi connectivity index (χ4n) is 2.68. The number of hydrogen-bond donors (Lipinski definition) is 1. The van der Waals surface area contributed by atoms with Gasteiger partial charge < -0.3 is 10.2 Å². The molecule has 0 heterocycles. The van der Waals surface area contributed by atoms with Crippen molar-refractivity contribution in [1.29, 1.82) is 0 Å². The van der Waals surface area contributed by atoms with Gasteiger partial charge in [-0.25, -0.2) is 0 Å². The summed E-state index contributed by atoms with van der Waals surface area (Å²) in [6, 6.07) is 16.5. The minimum absolute atomic E-state index is 0.437. The van der Waals surface area contributed by atoms with Crippen molar-refractivity contribution in [3.63, 3.8) is 0 Å². The first kappa shape index (κ1) is 12.6. The second kappa shape index (κ2) is 5.32. The maximum atomic E-state index is 3.66. The Morgan fingerprint density at radius 1 is 1.11 bits per heavy atom. The second-order valence-corrected chi connectivity index (χ2v) is 5.73. The summed E-state index contributed by atoms with van der Waals surface area (Å²) in [5, 5.41) is 6.37. The summed E-state index contributed by atoms with van der Waals surface area (Å²) in [6.45, 7) is 1.03. The van der Waals surface area contributed by atoms with E-state index in [0.29, 0.717) is 6.04 Å². The van der Waals surface area contributed by atoms with Gasteiger partial charge >= 0.3 is 0 Å². The molecule has 1 aliphatic carbocycles. The van der Waals surface area contributed by atoms with Gasteiger partial charge in [0.25, 0.3) is 0 Å². The highest BCUT2D eigenvalue weighted by Gasteiger charge is 2.23. The molecule has 1 saturated carbocycles. The lowest BCUT2D eigenvalue weighted by Gasteiger charge is -2.26. The Morgan fingerprint density at radius 2 is 1.84 bits per heavy atom. The fraction of sp³-hybridized carbons (Fsp3) is 0.412. The largest absolute Gasteiger partial charge is 0.312 e. The molecule has 1 atom stereocenters. The normalized spacial score (nSPS) is 17.0. The Kier molecular flexibility index (Phi) is 3.54. The zero-order valence-electron chi connectivity index (χ0n) is 11.8. The molecule has 0 amide bonds. The van der Waals surface area contributed by atoms with Crippen molar-refractivity contribution in [2.45, 2.75) is 24.9 Å². The molecule has 3 rings (SSSR count). The Hall–Kier alpha value is -1.38. The van der Waals surface area contributed by atoms with E-state index in [0.717, 1.165) is 12.6 Å². The van der Waals surface area contributed by atoms with Gasteiger partial charge in [-0.05, 0) is 43.3 Å². The highest BCUT2D eigenvalue weighted by Crippen LogP contribution is 2.28. The molecule has 0 bridgehead atoms. The number of rotatable bonds is 5. The third-order valence-electron chi connectivity index (χ3n) is 3.98. The zero-order chi connectivity index (χ0) is 13.2. The van der Waals surface area contributed by atoms with Crippen LogP contribution < -0.4 is 5.32 Å². The number of likely N-dealkylation sites (N-methyl/N-ethyl adjacent to an activating group) is 1. The van der Waals surface area contributed by atoms with E-state index in [-0.39, 0.29) is 0 Å². The van der Waals surface area contributed by atoms with E-state index >= 15 is 0 Å². The first-order chi connectivity index (χ1) is 9.25. The number of fused-ring (bicyclic) bond motifs is 1. The molecule has 1 aliphatic rings. The van der Waals surface area contributed by atoms with Gasteiger partial charge in [0.05, 0.1) is 0 Å². The zero-order valence-corrected chi connectivity index (χ0v) is 11.8. The van der Waals surface area contributed by atoms with Crippen molar-refractivity contribution in [3.05, 3.63) is 48.0 Å². The number of benzene rings is 2. The molecule has 0 radical (unpaired) electrons. The molecule has 2 heteroatoms. The van der Waals surface area contributed by atoms with Crippen LogP contribution in [0.15, 0.2) is 42.5 Å². The fourth-order valence-corrected chi connectivity index (χ4v) is 2.68. The van der Waals surface area contributed by atoms with Gasteiger partial charge in [-0.15, -0.1) is 0 Å². The van der Waals surface area contributed by atoms with Gasteiger partial charge in [-0.3, -0.25) is 0 Å². The topological polar surface area (TPSA) is 15.3 Å². The van der Waals surface area contributed by atoms with Crippen molar-refractivity contribution in [2.24, 2.45) is 0 Å². The van der Waals surface area contributed by atoms with Crippen LogP contribution in [0, 0.1) is 0 Å². The summed E-state index contributed by atoms with van der Waals surface area (Å²) in [5.41, 5.74) is 1.43. The highest BCUT2D eigenvalue weighted by molar-refractivity contribution is 5.86. The molecule has 2 nitrogen and oxygen atoms in total. The third-order valence-corrected chi connectivity index (χ3v) is 3.98. The van der Waals surface area contributed by atoms with E-state index in [1.807, 2.05) is 0 Å². The summed E-state index contributed by atoms with van der Waals surface area (Å²) in [5.74, 6) is 0. The Bertz CT molecular complexity index is 553. The van der Waals surface area contributed by atoms with Crippen LogP contribution in [-0.2, 0) is 0 Å². The first-order valence-electron chi connectivity index (χ1n) is 7.13. The maximum Gasteiger partial charge on any atom is 0.0473 e. The minimum atomic E-state index is 0.437. The molecule has 2 aromatic carbocycles. The standard InChI is InChI=1S/C17H22N2/c1-19(2)17(12-18-14-10-11-14)16-9-5-7-13-6-3-4-8-15(13)16/h3-9,14,17-18H,10-12H2,1-2H3. The van der Waals surface area contributed by atoms with Crippen LogP contribution >= 0.6 is 0 Å². The summed E-state index contributed by atoms with van der Waals surface area (Å²) in [7, 11) is 4.34. The minimum Gasteiger partial charge on any atom is -0.312 e. The smallest absolute Gasteiger partial charge is 0.0473 e. The van der Waals surface area contributed by atoms with Crippen LogP contribution in [0.25, 0.3) is 10.8 Å². The molecule has 0 saturated heterocycles. The SMILES string of the molecule is CN(C)C(CNC1CC1)c1cccc2ccccc12. The van der Waals surface area contributed by atoms with Crippen LogP contribution in [-0.4, -0.2) is 31.6 Å². The van der Waals surface area contributed by atoms with Gasteiger partial charge in [0.2, 0.25) is 0 Å². The Labute approximate surface area is 115 Å². The monoisotopic (exact) mass is 254 g/mol. The second-order valence-electron chi connectivity index (χ2n) is 5.73. The summed E-state index contributed by atoms with van der Waals surface area (Å²) in [6.07, 6.45) is 2.69. The summed E-state index contributed by atoms with van der Waals surface area (Å²) >= 11 is 0. The van der Waals surface area contributed by atoms with E-state index in [4.69, 9.17) is 0 Å². The third kappa shape index (κ3) is 2.80. The van der Waals surface area contributed by atoms with E-state index in [1.165, 1.54) is 29.2 Å². The lowest BCUT2D eigenvalue weighted by Crippen LogP contribution is -2.32. The lowest BCUT2D eigenvalue weighted by molar-refractivity contribution is 0.290. The predicted molar refractivity (Wildman–Crippen MR) is 81.4 cm³/mol. The van der Waals surface area contributed by atoms with E-state index in [2.05, 4.69) is 66.8 Å². The Balaban J connectivity index is 1.93. The molecule has 1 unspecified atom stereocenters. The van der Waals surface area contributed by atoms with Gasteiger partial charge in [0.15, 0.2) is 0 Å². The molecular formula is C17H22N2. The van der Waals surface area contributed by atoms with Gasteiger partial charge in [0.1, 0.15) is 0 Å². The van der Waals surface area contributed by atoms with Gasteiger partial charge in [-0.1, -0.05) is 42.5 Å². The summed E-state index contributed by atoms with van der Waals surface area (Å²) in [4.78, 5) is 2.32. The van der Waals surface area contributed by atoms with Crippen molar-refractivity contribution in [2.75, 3.05) is 20.6 Å². The van der Waals surface area contributed by atoms with Crippen molar-refractivity contribution in [1.82, 2.24) is 10.2 Å². The maximum absolute atomic E-state index is 3.66. The van der Waals surface area contributed by atoms with Crippen LogP contribution in [0.2, 0.25) is 0 Å². The van der Waals surface area contributed by atoms with Gasteiger partial charge in [-0.2, -0.15) is 0 Å². The van der Waals surface area contributed by atoms with Crippen LogP contribution in [0.4, 0.5) is 0 Å². The average molecular weight is 254 g/mol. The predicted octanol–water partition coefficient (Wildman–Crippen LogP) is 3.19. The van der Waals surface area contributed by atoms with Gasteiger partial charge in [0, 0.05) is 18.6 Å². The van der Waals surface area contributed by atoms with Crippen LogP contribution in [0.5, 0.6) is 0 Å². The molecule has 1 fully saturated rings. The van der Waals surface area contributed by atoms with E-state index in [1.54, 1.807) is 0 Å². The molecule has 0 spiro atoms. The molecule has 0 aromatic heterocycles. The number of nitrogens with zero attached hydrogens (tertiary/aromatic N) is 1. The van der Waals surface area contributed by atoms with Crippen molar-refractivity contribution < 1.29 is 0 Å². The molecule has 2 aromatic rings. The van der Waals surface area contributed by atoms with Crippen LogP contribution in [0.3, 0.4) is 0 Å². The highest BCUT2D eigenvalue weighted by atomic mass is 15.1. The lowest BCUT2D eigenvalue weighted by atomic mass is 9.98. The van der Waals surface area contributed by atoms with E-state index in [9.17, 15) is 0 Å². The van der Waals surface area contributed by atoms with E-state index < -0.39 is 0 Å². The quantitative estimate of drug-likeness (QED) is 0.881. The molecular weight excluding hydrogens is 232 g/mol. The van der Waals surface area contributed by atoms with Crippen molar-refractivity contribution in [3.8, 4) is 0 Å². The number of nitrogens with one attached hydrogen (secondary N) is 1. The molecule has 1 N–H and O–H groups in total. The summed E-state index contributed by atoms with van der Waals surface area (Å²) < 4.78 is 0. The molecule has 100 valence electrons. The molecule has 19 heavy (non-hydrogen) atoms. The number of hydrogen-bond acceptors (Lipinski definition) is 2. The Morgan fingerprint density at radius 3 is 2.58 bits per heavy atom. The average Bonchev–Trinajstić information content (AvgIpc) is 3.23. The molecule has 0 aliphatic heterocycles. The first-order valence-corrected chi connectivity index (χ1v) is 7.13. The van der Waals surface area contributed by atoms with Crippen molar-refractivity contribution >= 4 is 10.8 Å². The van der Waals surface area contributed by atoms with Crippen LogP contribution in [0.1, 0.15) is 24.4 Å².